The second kappa shape index (κ2) is 7.95. The molecule has 3 rings (SSSR count). The highest BCUT2D eigenvalue weighted by Crippen LogP contribution is 2.35. The Hall–Kier alpha value is -0.620. The first kappa shape index (κ1) is 19.2. The van der Waals surface area contributed by atoms with E-state index in [1.54, 1.807) is 0 Å². The average molecular weight is 371 g/mol. The van der Waals surface area contributed by atoms with Gasteiger partial charge in [0, 0.05) is 18.1 Å². The standard InChI is InChI=1S/C19H34N2O3S/c1-14-3-7-16(8-4-14)20-25(23,24)13-19(22)21(18-11-12-18)17-9-5-15(2)6-10-17/h14-18,20H,3-13H2,1-2H3. The van der Waals surface area contributed by atoms with Gasteiger partial charge in [-0.15, -0.1) is 0 Å². The summed E-state index contributed by atoms with van der Waals surface area (Å²) >= 11 is 0. The SMILES string of the molecule is CC1CCC(NS(=O)(=O)CC(=O)N(C2CCC(C)CC2)C2CC2)CC1. The van der Waals surface area contributed by atoms with Crippen molar-refractivity contribution < 1.29 is 13.2 Å². The van der Waals surface area contributed by atoms with Gasteiger partial charge in [-0.1, -0.05) is 13.8 Å². The lowest BCUT2D eigenvalue weighted by Crippen LogP contribution is -2.48. The lowest BCUT2D eigenvalue weighted by molar-refractivity contribution is -0.132. The van der Waals surface area contributed by atoms with Gasteiger partial charge in [0.05, 0.1) is 0 Å². The van der Waals surface area contributed by atoms with Gasteiger partial charge >= 0.3 is 0 Å². The minimum atomic E-state index is -3.54. The van der Waals surface area contributed by atoms with Crippen LogP contribution in [0.2, 0.25) is 0 Å². The van der Waals surface area contributed by atoms with E-state index in [1.165, 1.54) is 0 Å². The van der Waals surface area contributed by atoms with E-state index in [9.17, 15) is 13.2 Å². The summed E-state index contributed by atoms with van der Waals surface area (Å²) in [6.07, 6.45) is 10.3. The van der Waals surface area contributed by atoms with Crippen molar-refractivity contribution in [1.82, 2.24) is 9.62 Å². The van der Waals surface area contributed by atoms with Crippen LogP contribution in [-0.2, 0) is 14.8 Å². The molecule has 144 valence electrons. The van der Waals surface area contributed by atoms with Crippen LogP contribution in [0.4, 0.5) is 0 Å². The Balaban J connectivity index is 1.56. The van der Waals surface area contributed by atoms with E-state index in [0.29, 0.717) is 5.92 Å². The molecule has 3 saturated carbocycles. The summed E-state index contributed by atoms with van der Waals surface area (Å²) in [5.41, 5.74) is 0. The number of carbonyl (C=O) groups is 1. The molecule has 3 aliphatic carbocycles. The van der Waals surface area contributed by atoms with Gasteiger partial charge in [-0.2, -0.15) is 0 Å². The molecule has 1 amide bonds. The van der Waals surface area contributed by atoms with E-state index in [0.717, 1.165) is 70.1 Å². The Morgan fingerprint density at radius 3 is 1.76 bits per heavy atom. The van der Waals surface area contributed by atoms with Crippen molar-refractivity contribution in [1.29, 1.82) is 0 Å². The zero-order valence-electron chi connectivity index (χ0n) is 15.7. The molecule has 0 aromatic carbocycles. The Morgan fingerprint density at radius 1 is 0.840 bits per heavy atom. The molecular formula is C19H34N2O3S. The van der Waals surface area contributed by atoms with Crippen LogP contribution in [0.3, 0.4) is 0 Å². The molecule has 0 bridgehead atoms. The topological polar surface area (TPSA) is 66.5 Å². The second-order valence-corrected chi connectivity index (χ2v) is 10.5. The van der Waals surface area contributed by atoms with E-state index in [1.807, 2.05) is 4.90 Å². The predicted molar refractivity (Wildman–Crippen MR) is 99.6 cm³/mol. The fourth-order valence-corrected chi connectivity index (χ4v) is 5.79. The quantitative estimate of drug-likeness (QED) is 0.781. The zero-order valence-corrected chi connectivity index (χ0v) is 16.6. The molecule has 3 fully saturated rings. The first-order valence-electron chi connectivity index (χ1n) is 10.1. The third kappa shape index (κ3) is 5.43. The monoisotopic (exact) mass is 370 g/mol. The van der Waals surface area contributed by atoms with Crippen molar-refractivity contribution in [3.8, 4) is 0 Å². The highest BCUT2D eigenvalue weighted by molar-refractivity contribution is 7.90. The van der Waals surface area contributed by atoms with Gasteiger partial charge in [-0.05, 0) is 76.0 Å². The summed E-state index contributed by atoms with van der Waals surface area (Å²) in [6, 6.07) is 0.553. The molecule has 1 N–H and O–H groups in total. The molecule has 25 heavy (non-hydrogen) atoms. The van der Waals surface area contributed by atoms with Crippen LogP contribution in [0.15, 0.2) is 0 Å². The van der Waals surface area contributed by atoms with Gasteiger partial charge in [-0.3, -0.25) is 4.79 Å². The molecule has 3 aliphatic rings. The molecule has 0 atom stereocenters. The lowest BCUT2D eigenvalue weighted by atomic mass is 9.86. The van der Waals surface area contributed by atoms with Gasteiger partial charge in [-0.25, -0.2) is 13.1 Å². The van der Waals surface area contributed by atoms with E-state index < -0.39 is 10.0 Å². The molecule has 0 heterocycles. The molecule has 5 nitrogen and oxygen atoms in total. The molecule has 0 spiro atoms. The summed E-state index contributed by atoms with van der Waals surface area (Å²) in [5.74, 6) is 0.855. The Bertz CT molecular complexity index is 557. The second-order valence-electron chi connectivity index (χ2n) is 8.78. The first-order valence-corrected chi connectivity index (χ1v) is 11.8. The normalized spacial score (nSPS) is 33.8. The Morgan fingerprint density at radius 2 is 1.28 bits per heavy atom. The van der Waals surface area contributed by atoms with E-state index in [4.69, 9.17) is 0 Å². The number of hydrogen-bond acceptors (Lipinski definition) is 3. The zero-order chi connectivity index (χ0) is 18.0. The molecule has 0 radical (unpaired) electrons. The number of carbonyl (C=O) groups excluding carboxylic acids is 1. The van der Waals surface area contributed by atoms with Crippen LogP contribution >= 0.6 is 0 Å². The highest BCUT2D eigenvalue weighted by Gasteiger charge is 2.39. The van der Waals surface area contributed by atoms with Crippen molar-refractivity contribution in [3.63, 3.8) is 0 Å². The maximum atomic E-state index is 12.8. The fraction of sp³-hybridized carbons (Fsp3) is 0.947. The van der Waals surface area contributed by atoms with Crippen LogP contribution < -0.4 is 4.72 Å². The van der Waals surface area contributed by atoms with Gasteiger partial charge in [0.1, 0.15) is 5.75 Å². The average Bonchev–Trinajstić information content (AvgIpc) is 3.36. The summed E-state index contributed by atoms with van der Waals surface area (Å²) < 4.78 is 27.8. The highest BCUT2D eigenvalue weighted by atomic mass is 32.2. The maximum absolute atomic E-state index is 12.8. The van der Waals surface area contributed by atoms with Crippen molar-refractivity contribution in [2.75, 3.05) is 5.75 Å². The largest absolute Gasteiger partial charge is 0.336 e. The van der Waals surface area contributed by atoms with E-state index in [-0.39, 0.29) is 29.8 Å². The molecular weight excluding hydrogens is 336 g/mol. The van der Waals surface area contributed by atoms with E-state index >= 15 is 0 Å². The number of hydrogen-bond donors (Lipinski definition) is 1. The van der Waals surface area contributed by atoms with Crippen LogP contribution in [-0.4, -0.2) is 43.1 Å². The summed E-state index contributed by atoms with van der Waals surface area (Å²) in [7, 11) is -3.54. The Labute approximate surface area is 153 Å². The fourth-order valence-electron chi connectivity index (χ4n) is 4.49. The van der Waals surface area contributed by atoms with Crippen LogP contribution in [0.1, 0.15) is 78.1 Å². The summed E-state index contributed by atoms with van der Waals surface area (Å²) in [4.78, 5) is 14.8. The summed E-state index contributed by atoms with van der Waals surface area (Å²) in [6.45, 7) is 4.48. The van der Waals surface area contributed by atoms with E-state index in [2.05, 4.69) is 18.6 Å². The minimum absolute atomic E-state index is 0.0129. The molecule has 0 saturated heterocycles. The lowest BCUT2D eigenvalue weighted by Gasteiger charge is -2.36. The van der Waals surface area contributed by atoms with Gasteiger partial charge < -0.3 is 4.90 Å². The van der Waals surface area contributed by atoms with Gasteiger partial charge in [0.15, 0.2) is 0 Å². The third-order valence-electron chi connectivity index (χ3n) is 6.28. The van der Waals surface area contributed by atoms with Crippen molar-refractivity contribution in [2.24, 2.45) is 11.8 Å². The smallest absolute Gasteiger partial charge is 0.239 e. The summed E-state index contributed by atoms with van der Waals surface area (Å²) in [5, 5.41) is 0. The van der Waals surface area contributed by atoms with Crippen LogP contribution in [0.5, 0.6) is 0 Å². The molecule has 0 aromatic rings. The minimum Gasteiger partial charge on any atom is -0.336 e. The predicted octanol–water partition coefficient (Wildman–Crippen LogP) is 3.05. The number of nitrogens with one attached hydrogen (secondary N) is 1. The number of rotatable bonds is 6. The number of amides is 1. The number of nitrogens with zero attached hydrogens (tertiary/aromatic N) is 1. The van der Waals surface area contributed by atoms with Gasteiger partial charge in [0.2, 0.25) is 15.9 Å². The maximum Gasteiger partial charge on any atom is 0.239 e. The molecule has 6 heteroatoms. The molecule has 0 aliphatic heterocycles. The first-order chi connectivity index (χ1) is 11.8. The number of sulfonamides is 1. The third-order valence-corrected chi connectivity index (χ3v) is 7.60. The van der Waals surface area contributed by atoms with Crippen molar-refractivity contribution in [3.05, 3.63) is 0 Å². The van der Waals surface area contributed by atoms with Gasteiger partial charge in [0.25, 0.3) is 0 Å². The molecule has 0 aromatic heterocycles. The van der Waals surface area contributed by atoms with Crippen LogP contribution in [0, 0.1) is 11.8 Å². The van der Waals surface area contributed by atoms with Crippen molar-refractivity contribution >= 4 is 15.9 Å². The van der Waals surface area contributed by atoms with Crippen LogP contribution in [0.25, 0.3) is 0 Å². The van der Waals surface area contributed by atoms with Crippen molar-refractivity contribution in [2.45, 2.75) is 96.2 Å². The molecule has 0 unspecified atom stereocenters. The Kier molecular flexibility index (Phi) is 6.09.